The van der Waals surface area contributed by atoms with Crippen LogP contribution in [0.15, 0.2) is 30.6 Å². The molecule has 1 aliphatic heterocycles. The molecule has 0 spiro atoms. The Morgan fingerprint density at radius 2 is 1.84 bits per heavy atom. The summed E-state index contributed by atoms with van der Waals surface area (Å²) in [6.07, 6.45) is 5.07. The Morgan fingerprint density at radius 1 is 1.06 bits per heavy atom. The fourth-order valence-electron chi connectivity index (χ4n) is 5.14. The van der Waals surface area contributed by atoms with Crippen LogP contribution in [0.25, 0.3) is 0 Å². The molecule has 2 unspecified atom stereocenters. The second-order valence-electron chi connectivity index (χ2n) is 8.89. The van der Waals surface area contributed by atoms with E-state index in [-0.39, 0.29) is 0 Å². The largest absolute Gasteiger partial charge is 0.424 e. The summed E-state index contributed by atoms with van der Waals surface area (Å²) < 4.78 is 7.69. The molecule has 0 N–H and O–H groups in total. The number of rotatable bonds is 5. The third-order valence-electron chi connectivity index (χ3n) is 6.55. The van der Waals surface area contributed by atoms with E-state index in [2.05, 4.69) is 26.0 Å². The summed E-state index contributed by atoms with van der Waals surface area (Å²) in [6.45, 7) is 6.08. The molecule has 162 valence electrons. The summed E-state index contributed by atoms with van der Waals surface area (Å²) in [5.74, 6) is 4.45. The fourth-order valence-corrected chi connectivity index (χ4v) is 5.42. The zero-order valence-corrected chi connectivity index (χ0v) is 18.9. The van der Waals surface area contributed by atoms with Crippen LogP contribution in [0.4, 0.5) is 5.82 Å². The number of hydrogen-bond acceptors (Lipinski definition) is 6. The number of fused-ring (bicyclic) bond motifs is 2. The van der Waals surface area contributed by atoms with E-state index >= 15 is 0 Å². The summed E-state index contributed by atoms with van der Waals surface area (Å²) in [5, 5.41) is 5.30. The normalized spacial score (nSPS) is 22.7. The van der Waals surface area contributed by atoms with E-state index in [0.717, 1.165) is 42.4 Å². The molecule has 3 aromatic rings. The number of nitrogens with zero attached hydrogens (tertiary/aromatic N) is 6. The first-order valence-electron chi connectivity index (χ1n) is 10.8. The molecular weight excluding hydrogens is 412 g/mol. The van der Waals surface area contributed by atoms with Crippen LogP contribution in [0.3, 0.4) is 0 Å². The molecule has 31 heavy (non-hydrogen) atoms. The molecule has 2 aliphatic rings. The van der Waals surface area contributed by atoms with Crippen LogP contribution in [0.2, 0.25) is 5.02 Å². The van der Waals surface area contributed by atoms with Gasteiger partial charge in [0.1, 0.15) is 17.9 Å². The van der Waals surface area contributed by atoms with E-state index in [4.69, 9.17) is 21.3 Å². The summed E-state index contributed by atoms with van der Waals surface area (Å²) in [6, 6.07) is 8.24. The van der Waals surface area contributed by atoms with Crippen molar-refractivity contribution < 1.29 is 4.74 Å². The number of aryl methyl sites for hydroxylation is 3. The monoisotopic (exact) mass is 438 g/mol. The quantitative estimate of drug-likeness (QED) is 0.589. The summed E-state index contributed by atoms with van der Waals surface area (Å²) >= 11 is 6.16. The molecular formula is C23H27ClN6O. The van der Waals surface area contributed by atoms with Crippen LogP contribution in [0.5, 0.6) is 11.8 Å². The lowest BCUT2D eigenvalue weighted by Gasteiger charge is -2.38. The average molecular weight is 439 g/mol. The van der Waals surface area contributed by atoms with Gasteiger partial charge in [0.25, 0.3) is 0 Å². The van der Waals surface area contributed by atoms with Crippen molar-refractivity contribution in [3.63, 3.8) is 0 Å². The van der Waals surface area contributed by atoms with Gasteiger partial charge in [0.2, 0.25) is 0 Å². The van der Waals surface area contributed by atoms with Gasteiger partial charge in [0.15, 0.2) is 5.82 Å². The molecule has 1 aliphatic carbocycles. The van der Waals surface area contributed by atoms with Crippen molar-refractivity contribution in [2.24, 2.45) is 24.8 Å². The van der Waals surface area contributed by atoms with E-state index in [9.17, 15) is 0 Å². The molecule has 7 nitrogen and oxygen atoms in total. The molecule has 1 saturated heterocycles. The molecule has 2 bridgehead atoms. The van der Waals surface area contributed by atoms with Crippen LogP contribution in [-0.2, 0) is 13.5 Å². The summed E-state index contributed by atoms with van der Waals surface area (Å²) in [5.41, 5.74) is 2.06. The maximum atomic E-state index is 6.16. The Morgan fingerprint density at radius 3 is 2.55 bits per heavy atom. The highest BCUT2D eigenvalue weighted by Gasteiger charge is 2.42. The highest BCUT2D eigenvalue weighted by atomic mass is 35.5. The summed E-state index contributed by atoms with van der Waals surface area (Å²) in [7, 11) is 1.87. The van der Waals surface area contributed by atoms with Crippen molar-refractivity contribution >= 4 is 17.4 Å². The molecule has 8 heteroatoms. The number of halogens is 1. The number of ether oxygens (including phenoxy) is 1. The molecule has 3 heterocycles. The molecule has 2 atom stereocenters. The van der Waals surface area contributed by atoms with Gasteiger partial charge in [0.05, 0.1) is 0 Å². The second kappa shape index (κ2) is 8.11. The standard InChI is InChI=1S/C23H27ClN6O/c1-14-6-18(24)9-19(7-14)31-23-27-21(28-29(23)3)10-20-16-4-5-17(20)12-30(11-16)22-8-15(2)25-13-26-22/h6-9,13,16-17,20H,4-5,10-12H2,1-3H3. The molecule has 2 aromatic heterocycles. The predicted octanol–water partition coefficient (Wildman–Crippen LogP) is 4.37. The van der Waals surface area contributed by atoms with Crippen LogP contribution in [-0.4, -0.2) is 37.8 Å². The van der Waals surface area contributed by atoms with Gasteiger partial charge in [0, 0.05) is 43.3 Å². The Hall–Kier alpha value is -2.67. The maximum absolute atomic E-state index is 6.16. The lowest BCUT2D eigenvalue weighted by Crippen LogP contribution is -2.43. The second-order valence-corrected chi connectivity index (χ2v) is 9.33. The lowest BCUT2D eigenvalue weighted by atomic mass is 9.82. The Balaban J connectivity index is 1.28. The van der Waals surface area contributed by atoms with Crippen molar-refractivity contribution in [2.45, 2.75) is 33.1 Å². The third kappa shape index (κ3) is 4.24. The van der Waals surface area contributed by atoms with E-state index in [1.165, 1.54) is 12.8 Å². The fraction of sp³-hybridized carbons (Fsp3) is 0.478. The van der Waals surface area contributed by atoms with Gasteiger partial charge < -0.3 is 9.64 Å². The van der Waals surface area contributed by atoms with Gasteiger partial charge in [-0.25, -0.2) is 14.6 Å². The first kappa shape index (κ1) is 20.2. The summed E-state index contributed by atoms with van der Waals surface area (Å²) in [4.78, 5) is 15.9. The predicted molar refractivity (Wildman–Crippen MR) is 120 cm³/mol. The van der Waals surface area contributed by atoms with E-state index in [0.29, 0.717) is 34.5 Å². The smallest absolute Gasteiger partial charge is 0.320 e. The Labute approximate surface area is 187 Å². The van der Waals surface area contributed by atoms with Crippen molar-refractivity contribution in [3.8, 4) is 11.8 Å². The third-order valence-corrected chi connectivity index (χ3v) is 6.77. The van der Waals surface area contributed by atoms with Crippen molar-refractivity contribution in [1.82, 2.24) is 24.7 Å². The highest BCUT2D eigenvalue weighted by molar-refractivity contribution is 6.30. The van der Waals surface area contributed by atoms with E-state index in [1.54, 1.807) is 17.1 Å². The van der Waals surface area contributed by atoms with Crippen molar-refractivity contribution in [2.75, 3.05) is 18.0 Å². The van der Waals surface area contributed by atoms with E-state index in [1.807, 2.05) is 33.0 Å². The van der Waals surface area contributed by atoms with Gasteiger partial charge >= 0.3 is 6.01 Å². The van der Waals surface area contributed by atoms with E-state index < -0.39 is 0 Å². The average Bonchev–Trinajstić information content (AvgIpc) is 3.15. The number of aromatic nitrogens is 5. The molecule has 1 saturated carbocycles. The van der Waals surface area contributed by atoms with Crippen molar-refractivity contribution in [3.05, 3.63) is 52.7 Å². The van der Waals surface area contributed by atoms with Crippen molar-refractivity contribution in [1.29, 1.82) is 0 Å². The topological polar surface area (TPSA) is 69.0 Å². The van der Waals surface area contributed by atoms with Crippen LogP contribution in [0, 0.1) is 31.6 Å². The zero-order valence-electron chi connectivity index (χ0n) is 18.1. The minimum atomic E-state index is 0.498. The first-order valence-corrected chi connectivity index (χ1v) is 11.2. The molecule has 5 rings (SSSR count). The molecule has 0 amide bonds. The van der Waals surface area contributed by atoms with Crippen LogP contribution < -0.4 is 9.64 Å². The number of anilines is 1. The van der Waals surface area contributed by atoms with Gasteiger partial charge in [-0.3, -0.25) is 0 Å². The maximum Gasteiger partial charge on any atom is 0.320 e. The number of hydrogen-bond donors (Lipinski definition) is 0. The van der Waals surface area contributed by atoms with Gasteiger partial charge in [-0.15, -0.1) is 0 Å². The van der Waals surface area contributed by atoms with Crippen LogP contribution in [0.1, 0.15) is 29.9 Å². The zero-order chi connectivity index (χ0) is 21.5. The molecule has 2 fully saturated rings. The minimum absolute atomic E-state index is 0.498. The van der Waals surface area contributed by atoms with Gasteiger partial charge in [-0.2, -0.15) is 10.1 Å². The number of piperidine rings is 1. The van der Waals surface area contributed by atoms with Gasteiger partial charge in [-0.05, 0) is 68.2 Å². The first-order chi connectivity index (χ1) is 14.9. The molecule has 0 radical (unpaired) electrons. The minimum Gasteiger partial charge on any atom is -0.424 e. The number of benzene rings is 1. The Kier molecular flexibility index (Phi) is 5.30. The molecule has 1 aromatic carbocycles. The Bertz CT molecular complexity index is 1070. The highest BCUT2D eigenvalue weighted by Crippen LogP contribution is 2.44. The lowest BCUT2D eigenvalue weighted by molar-refractivity contribution is 0.264. The van der Waals surface area contributed by atoms with Crippen LogP contribution >= 0.6 is 11.6 Å². The SMILES string of the molecule is Cc1cc(Cl)cc(Oc2nc(CC3C4CCC3CN(c3cc(C)ncn3)C4)nn2C)c1. The van der Waals surface area contributed by atoms with Gasteiger partial charge in [-0.1, -0.05) is 11.6 Å².